The van der Waals surface area contributed by atoms with Gasteiger partial charge in [-0.2, -0.15) is 4.72 Å². The van der Waals surface area contributed by atoms with Crippen molar-refractivity contribution in [3.8, 4) is 0 Å². The number of hydrogen-bond acceptors (Lipinski definition) is 6. The van der Waals surface area contributed by atoms with Gasteiger partial charge < -0.3 is 14.5 Å². The van der Waals surface area contributed by atoms with Gasteiger partial charge in [-0.25, -0.2) is 13.2 Å². The number of ether oxygens (including phenoxy) is 2. The number of esters is 2. The molecule has 9 heteroatoms. The lowest BCUT2D eigenvalue weighted by molar-refractivity contribution is -0.139. The molecule has 1 aromatic heterocycles. The second kappa shape index (κ2) is 6.53. The van der Waals surface area contributed by atoms with Crippen LogP contribution in [0.5, 0.6) is 0 Å². The maximum atomic E-state index is 12.0. The Bertz CT molecular complexity index is 604. The fourth-order valence-corrected chi connectivity index (χ4v) is 2.63. The van der Waals surface area contributed by atoms with Crippen LogP contribution in [-0.4, -0.2) is 45.6 Å². The number of carbonyl (C=O) groups is 2. The molecule has 0 saturated heterocycles. The topological polar surface area (TPSA) is 115 Å². The van der Waals surface area contributed by atoms with Crippen molar-refractivity contribution >= 4 is 22.0 Å². The third-order valence-corrected chi connectivity index (χ3v) is 3.91. The summed E-state index contributed by atoms with van der Waals surface area (Å²) in [4.78, 5) is 25.0. The Kier molecular flexibility index (Phi) is 5.28. The molecule has 1 rings (SSSR count). The van der Waals surface area contributed by atoms with Crippen LogP contribution in [0, 0.1) is 6.92 Å². The fourth-order valence-electron chi connectivity index (χ4n) is 1.44. The summed E-state index contributed by atoms with van der Waals surface area (Å²) in [6, 6.07) is 1.16. The zero-order valence-corrected chi connectivity index (χ0v) is 12.2. The summed E-state index contributed by atoms with van der Waals surface area (Å²) in [5, 5.41) is 0. The molecule has 8 nitrogen and oxygen atoms in total. The van der Waals surface area contributed by atoms with E-state index in [0.29, 0.717) is 0 Å². The zero-order chi connectivity index (χ0) is 15.3. The molecule has 0 aromatic carbocycles. The van der Waals surface area contributed by atoms with Crippen molar-refractivity contribution in [3.05, 3.63) is 17.5 Å². The number of hydrogen-bond donors (Lipinski definition) is 2. The SMILES string of the molecule is CCOC(=O)c1cc(S(=O)(=O)NCC(=O)OC)c(C)[nH]1. The predicted octanol–water partition coefficient (Wildman–Crippen LogP) is -0.0489. The average molecular weight is 304 g/mol. The highest BCUT2D eigenvalue weighted by Gasteiger charge is 2.23. The van der Waals surface area contributed by atoms with Gasteiger partial charge in [0.15, 0.2) is 0 Å². The predicted molar refractivity (Wildman–Crippen MR) is 68.7 cm³/mol. The van der Waals surface area contributed by atoms with Crippen LogP contribution < -0.4 is 4.72 Å². The van der Waals surface area contributed by atoms with Crippen molar-refractivity contribution in [1.29, 1.82) is 0 Å². The van der Waals surface area contributed by atoms with Crippen molar-refractivity contribution in [2.75, 3.05) is 20.3 Å². The Labute approximate surface area is 116 Å². The molecule has 1 heterocycles. The van der Waals surface area contributed by atoms with E-state index in [1.165, 1.54) is 6.92 Å². The van der Waals surface area contributed by atoms with E-state index >= 15 is 0 Å². The normalized spacial score (nSPS) is 11.2. The first-order valence-electron chi connectivity index (χ1n) is 5.75. The van der Waals surface area contributed by atoms with Gasteiger partial charge in [0, 0.05) is 5.69 Å². The molecule has 0 bridgehead atoms. The molecule has 0 atom stereocenters. The first-order chi connectivity index (χ1) is 9.31. The van der Waals surface area contributed by atoms with Gasteiger partial charge in [0.05, 0.1) is 13.7 Å². The van der Waals surface area contributed by atoms with E-state index in [-0.39, 0.29) is 22.9 Å². The van der Waals surface area contributed by atoms with Gasteiger partial charge in [0.2, 0.25) is 10.0 Å². The number of carbonyl (C=O) groups excluding carboxylic acids is 2. The molecular weight excluding hydrogens is 288 g/mol. The van der Waals surface area contributed by atoms with E-state index in [4.69, 9.17) is 4.74 Å². The maximum Gasteiger partial charge on any atom is 0.354 e. The van der Waals surface area contributed by atoms with Crippen molar-refractivity contribution in [3.63, 3.8) is 0 Å². The van der Waals surface area contributed by atoms with Crippen molar-refractivity contribution in [1.82, 2.24) is 9.71 Å². The second-order valence-corrected chi connectivity index (χ2v) is 5.53. The molecule has 0 amide bonds. The van der Waals surface area contributed by atoms with E-state index in [2.05, 4.69) is 14.4 Å². The highest BCUT2D eigenvalue weighted by Crippen LogP contribution is 2.16. The van der Waals surface area contributed by atoms with E-state index in [0.717, 1.165) is 13.2 Å². The van der Waals surface area contributed by atoms with Crippen LogP contribution in [-0.2, 0) is 24.3 Å². The molecule has 1 aromatic rings. The second-order valence-electron chi connectivity index (χ2n) is 3.79. The zero-order valence-electron chi connectivity index (χ0n) is 11.3. The Morgan fingerprint density at radius 3 is 2.60 bits per heavy atom. The molecule has 0 spiro atoms. The molecule has 112 valence electrons. The van der Waals surface area contributed by atoms with Gasteiger partial charge in [0.25, 0.3) is 0 Å². The minimum atomic E-state index is -3.91. The number of aryl methyl sites for hydroxylation is 1. The van der Waals surface area contributed by atoms with Crippen LogP contribution in [0.1, 0.15) is 23.1 Å². The van der Waals surface area contributed by atoms with Crippen LogP contribution in [0.25, 0.3) is 0 Å². The molecule has 0 radical (unpaired) electrons. The van der Waals surface area contributed by atoms with Crippen LogP contribution >= 0.6 is 0 Å². The van der Waals surface area contributed by atoms with Crippen LogP contribution in [0.4, 0.5) is 0 Å². The largest absolute Gasteiger partial charge is 0.468 e. The molecule has 0 aliphatic carbocycles. The summed E-state index contributed by atoms with van der Waals surface area (Å²) in [6.45, 7) is 2.83. The van der Waals surface area contributed by atoms with Gasteiger partial charge in [-0.15, -0.1) is 0 Å². The highest BCUT2D eigenvalue weighted by atomic mass is 32.2. The smallest absolute Gasteiger partial charge is 0.354 e. The Balaban J connectivity index is 2.95. The summed E-state index contributed by atoms with van der Waals surface area (Å²) in [6.07, 6.45) is 0. The summed E-state index contributed by atoms with van der Waals surface area (Å²) < 4.78 is 35.1. The summed E-state index contributed by atoms with van der Waals surface area (Å²) in [5.41, 5.74) is 0.299. The van der Waals surface area contributed by atoms with Gasteiger partial charge >= 0.3 is 11.9 Å². The monoisotopic (exact) mass is 304 g/mol. The summed E-state index contributed by atoms with van der Waals surface area (Å²) >= 11 is 0. The van der Waals surface area contributed by atoms with Gasteiger partial charge in [-0.05, 0) is 19.9 Å². The number of methoxy groups -OCH3 is 1. The number of sulfonamides is 1. The third kappa shape index (κ3) is 3.81. The summed E-state index contributed by atoms with van der Waals surface area (Å²) in [7, 11) is -2.76. The molecule has 0 saturated carbocycles. The standard InChI is InChI=1S/C11H16N2O6S/c1-4-19-11(15)8-5-9(7(2)13-8)20(16,17)12-6-10(14)18-3/h5,12-13H,4,6H2,1-3H3. The number of aromatic nitrogens is 1. The lowest BCUT2D eigenvalue weighted by atomic mass is 10.4. The molecular formula is C11H16N2O6S. The quantitative estimate of drug-likeness (QED) is 0.712. The molecule has 0 fully saturated rings. The number of nitrogens with one attached hydrogen (secondary N) is 2. The van der Waals surface area contributed by atoms with Crippen LogP contribution in [0.3, 0.4) is 0 Å². The van der Waals surface area contributed by atoms with Crippen molar-refractivity contribution in [2.45, 2.75) is 18.7 Å². The van der Waals surface area contributed by atoms with E-state index in [1.54, 1.807) is 6.92 Å². The third-order valence-electron chi connectivity index (χ3n) is 2.39. The Morgan fingerprint density at radius 1 is 1.40 bits per heavy atom. The van der Waals surface area contributed by atoms with Gasteiger partial charge in [0.1, 0.15) is 17.1 Å². The highest BCUT2D eigenvalue weighted by molar-refractivity contribution is 7.89. The van der Waals surface area contributed by atoms with Crippen molar-refractivity contribution in [2.24, 2.45) is 0 Å². The van der Waals surface area contributed by atoms with Crippen LogP contribution in [0.15, 0.2) is 11.0 Å². The fraction of sp³-hybridized carbons (Fsp3) is 0.455. The van der Waals surface area contributed by atoms with Crippen LogP contribution in [0.2, 0.25) is 0 Å². The van der Waals surface area contributed by atoms with E-state index in [1.807, 2.05) is 0 Å². The molecule has 20 heavy (non-hydrogen) atoms. The minimum absolute atomic E-state index is 0.0304. The lowest BCUT2D eigenvalue weighted by Crippen LogP contribution is -2.30. The first-order valence-corrected chi connectivity index (χ1v) is 7.23. The summed E-state index contributed by atoms with van der Waals surface area (Å²) in [5.74, 6) is -1.36. The first kappa shape index (κ1) is 16.2. The lowest BCUT2D eigenvalue weighted by Gasteiger charge is -2.04. The molecule has 2 N–H and O–H groups in total. The van der Waals surface area contributed by atoms with E-state index < -0.39 is 28.5 Å². The number of aromatic amines is 1. The maximum absolute atomic E-state index is 12.0. The number of rotatable bonds is 6. The van der Waals surface area contributed by atoms with Crippen molar-refractivity contribution < 1.29 is 27.5 Å². The molecule has 0 aliphatic rings. The average Bonchev–Trinajstić information content (AvgIpc) is 2.79. The number of H-pyrrole nitrogens is 1. The molecule has 0 unspecified atom stereocenters. The van der Waals surface area contributed by atoms with Gasteiger partial charge in [-0.3, -0.25) is 4.79 Å². The molecule has 0 aliphatic heterocycles. The minimum Gasteiger partial charge on any atom is -0.468 e. The van der Waals surface area contributed by atoms with Gasteiger partial charge in [-0.1, -0.05) is 0 Å². The van der Waals surface area contributed by atoms with E-state index in [9.17, 15) is 18.0 Å². The Morgan fingerprint density at radius 2 is 2.05 bits per heavy atom. The Hall–Kier alpha value is -1.87.